The molecule has 0 bridgehead atoms. The second-order valence-corrected chi connectivity index (χ2v) is 10.3. The topological polar surface area (TPSA) is 9.23 Å². The Morgan fingerprint density at radius 3 is 2.27 bits per heavy atom. The third-order valence-electron chi connectivity index (χ3n) is 7.48. The van der Waals surface area contributed by atoms with Gasteiger partial charge in [-0.1, -0.05) is 94.5 Å². The van der Waals surface area contributed by atoms with Crippen LogP contribution in [0.3, 0.4) is 0 Å². The Hall–Kier alpha value is -3.01. The molecule has 1 fully saturated rings. The van der Waals surface area contributed by atoms with Crippen LogP contribution >= 0.6 is 0 Å². The van der Waals surface area contributed by atoms with Gasteiger partial charge in [-0.25, -0.2) is 13.2 Å². The largest absolute Gasteiger partial charge is 0.493 e. The average molecular weight is 507 g/mol. The number of ether oxygens (including phenoxy) is 1. The minimum atomic E-state index is -0.793. The van der Waals surface area contributed by atoms with E-state index in [4.69, 9.17) is 4.74 Å². The molecule has 4 rings (SSSR count). The van der Waals surface area contributed by atoms with E-state index in [-0.39, 0.29) is 17.3 Å². The fraction of sp³-hybridized carbons (Fsp3) is 0.394. The van der Waals surface area contributed by atoms with E-state index in [0.717, 1.165) is 49.7 Å². The van der Waals surface area contributed by atoms with E-state index in [0.29, 0.717) is 29.4 Å². The molecule has 0 radical (unpaired) electrons. The maximum atomic E-state index is 14.8. The lowest BCUT2D eigenvalue weighted by molar-refractivity contribution is 0.303. The zero-order valence-corrected chi connectivity index (χ0v) is 21.9. The molecule has 37 heavy (non-hydrogen) atoms. The summed E-state index contributed by atoms with van der Waals surface area (Å²) in [7, 11) is 0. The van der Waals surface area contributed by atoms with Crippen LogP contribution in [0.4, 0.5) is 13.2 Å². The van der Waals surface area contributed by atoms with Crippen molar-refractivity contribution < 1.29 is 17.9 Å². The van der Waals surface area contributed by atoms with Crippen LogP contribution in [0.25, 0.3) is 23.3 Å². The van der Waals surface area contributed by atoms with Crippen LogP contribution < -0.4 is 4.74 Å². The Morgan fingerprint density at radius 2 is 1.57 bits per heavy atom. The molecule has 3 aromatic rings. The smallest absolute Gasteiger partial charge is 0.166 e. The van der Waals surface area contributed by atoms with E-state index in [9.17, 15) is 13.2 Å². The molecule has 0 atom stereocenters. The molecule has 1 saturated carbocycles. The predicted octanol–water partition coefficient (Wildman–Crippen LogP) is 10.2. The molecule has 0 spiro atoms. The van der Waals surface area contributed by atoms with Crippen molar-refractivity contribution in [1.29, 1.82) is 0 Å². The summed E-state index contributed by atoms with van der Waals surface area (Å²) < 4.78 is 50.1. The third kappa shape index (κ3) is 7.06. The maximum absolute atomic E-state index is 14.8. The summed E-state index contributed by atoms with van der Waals surface area (Å²) in [4.78, 5) is 0. The number of rotatable bonds is 10. The van der Waals surface area contributed by atoms with Crippen molar-refractivity contribution in [3.05, 3.63) is 88.7 Å². The van der Waals surface area contributed by atoms with Gasteiger partial charge in [0.1, 0.15) is 11.6 Å². The Balaban J connectivity index is 1.40. The van der Waals surface area contributed by atoms with Crippen LogP contribution in [0.5, 0.6) is 5.75 Å². The fourth-order valence-electron chi connectivity index (χ4n) is 5.09. The molecular formula is C33H37F3O. The highest BCUT2D eigenvalue weighted by molar-refractivity contribution is 5.73. The van der Waals surface area contributed by atoms with Crippen LogP contribution in [0.1, 0.15) is 87.8 Å². The lowest BCUT2D eigenvalue weighted by atomic mass is 9.79. The summed E-state index contributed by atoms with van der Waals surface area (Å²) in [6.07, 6.45) is 11.7. The molecule has 0 amide bonds. The Bertz CT molecular complexity index is 1190. The molecular weight excluding hydrogens is 469 g/mol. The summed E-state index contributed by atoms with van der Waals surface area (Å²) in [6, 6.07) is 15.7. The highest BCUT2D eigenvalue weighted by Crippen LogP contribution is 2.37. The second kappa shape index (κ2) is 13.0. The average Bonchev–Trinajstić information content (AvgIpc) is 2.91. The van der Waals surface area contributed by atoms with Gasteiger partial charge < -0.3 is 4.74 Å². The first-order valence-electron chi connectivity index (χ1n) is 13.6. The highest BCUT2D eigenvalue weighted by atomic mass is 19.2. The van der Waals surface area contributed by atoms with Gasteiger partial charge in [-0.15, -0.1) is 0 Å². The van der Waals surface area contributed by atoms with E-state index in [1.165, 1.54) is 18.9 Å². The van der Waals surface area contributed by atoms with Gasteiger partial charge in [0.2, 0.25) is 0 Å². The zero-order chi connectivity index (χ0) is 26.2. The highest BCUT2D eigenvalue weighted by Gasteiger charge is 2.24. The van der Waals surface area contributed by atoms with Crippen LogP contribution in [0, 0.1) is 23.4 Å². The van der Waals surface area contributed by atoms with Gasteiger partial charge in [0.25, 0.3) is 0 Å². The molecule has 1 nitrogen and oxygen atoms in total. The summed E-state index contributed by atoms with van der Waals surface area (Å²) in [5, 5.41) is 0. The van der Waals surface area contributed by atoms with Gasteiger partial charge in [-0.3, -0.25) is 0 Å². The summed E-state index contributed by atoms with van der Waals surface area (Å²) >= 11 is 0. The second-order valence-electron chi connectivity index (χ2n) is 10.3. The van der Waals surface area contributed by atoms with Crippen molar-refractivity contribution in [2.45, 2.75) is 71.1 Å². The normalized spacial score (nSPS) is 17.9. The molecule has 196 valence electrons. The van der Waals surface area contributed by atoms with E-state index in [1.54, 1.807) is 36.4 Å². The molecule has 0 aromatic heterocycles. The Labute approximate surface area is 219 Å². The number of hydrogen-bond acceptors (Lipinski definition) is 1. The first-order chi connectivity index (χ1) is 18.0. The third-order valence-corrected chi connectivity index (χ3v) is 7.48. The van der Waals surface area contributed by atoms with Crippen molar-refractivity contribution in [3.8, 4) is 16.9 Å². The molecule has 1 aliphatic rings. The summed E-state index contributed by atoms with van der Waals surface area (Å²) in [5.41, 5.74) is 2.79. The van der Waals surface area contributed by atoms with Gasteiger partial charge in [-0.2, -0.15) is 0 Å². The lowest BCUT2D eigenvalue weighted by Gasteiger charge is -2.27. The van der Waals surface area contributed by atoms with Crippen molar-refractivity contribution >= 4 is 12.2 Å². The Kier molecular flexibility index (Phi) is 9.49. The van der Waals surface area contributed by atoms with Gasteiger partial charge in [-0.05, 0) is 59.9 Å². The van der Waals surface area contributed by atoms with E-state index in [2.05, 4.69) is 13.8 Å². The molecule has 0 saturated heterocycles. The molecule has 4 heteroatoms. The molecule has 0 aliphatic heterocycles. The standard InChI is InChI=1S/C33H37F3O/c1-3-4-5-6-21-37-28-18-20-29(31(34)22-28)25-14-9-24(10-15-25)11-16-27-17-19-30(33(36)32(27)35)26-12-7-23(2)8-13-26/h9-11,14-20,22-23,26H,3-8,12-13,21H2,1-2H3/b16-11+. The molecule has 3 aromatic carbocycles. The van der Waals surface area contributed by atoms with Gasteiger partial charge in [0.05, 0.1) is 6.61 Å². The number of halogens is 3. The number of hydrogen-bond donors (Lipinski definition) is 0. The SMILES string of the molecule is CCCCCCOc1ccc(-c2ccc(/C=C/c3ccc(C4CCC(C)CC4)c(F)c3F)cc2)c(F)c1. The van der Waals surface area contributed by atoms with Crippen molar-refractivity contribution in [2.75, 3.05) is 6.61 Å². The van der Waals surface area contributed by atoms with Crippen molar-refractivity contribution in [3.63, 3.8) is 0 Å². The molecule has 0 heterocycles. The quantitative estimate of drug-likeness (QED) is 0.196. The lowest BCUT2D eigenvalue weighted by Crippen LogP contribution is -2.13. The van der Waals surface area contributed by atoms with Gasteiger partial charge in [0, 0.05) is 17.2 Å². The van der Waals surface area contributed by atoms with E-state index < -0.39 is 11.6 Å². The van der Waals surface area contributed by atoms with Crippen LogP contribution in [-0.2, 0) is 0 Å². The van der Waals surface area contributed by atoms with Crippen LogP contribution in [0.2, 0.25) is 0 Å². The number of unbranched alkanes of at least 4 members (excludes halogenated alkanes) is 3. The zero-order valence-electron chi connectivity index (χ0n) is 21.9. The van der Waals surface area contributed by atoms with E-state index in [1.807, 2.05) is 24.3 Å². The number of benzene rings is 3. The Morgan fingerprint density at radius 1 is 0.811 bits per heavy atom. The van der Waals surface area contributed by atoms with Crippen LogP contribution in [0.15, 0.2) is 54.6 Å². The molecule has 0 N–H and O–H groups in total. The van der Waals surface area contributed by atoms with E-state index >= 15 is 0 Å². The first kappa shape index (κ1) is 27.0. The minimum absolute atomic E-state index is 0.100. The fourth-order valence-corrected chi connectivity index (χ4v) is 5.09. The van der Waals surface area contributed by atoms with Gasteiger partial charge >= 0.3 is 0 Å². The predicted molar refractivity (Wildman–Crippen MR) is 147 cm³/mol. The van der Waals surface area contributed by atoms with Crippen LogP contribution in [-0.4, -0.2) is 6.61 Å². The first-order valence-corrected chi connectivity index (χ1v) is 13.6. The van der Waals surface area contributed by atoms with Crippen molar-refractivity contribution in [2.24, 2.45) is 5.92 Å². The molecule has 0 unspecified atom stereocenters. The van der Waals surface area contributed by atoms with Crippen molar-refractivity contribution in [1.82, 2.24) is 0 Å². The minimum Gasteiger partial charge on any atom is -0.493 e. The van der Waals surface area contributed by atoms with Gasteiger partial charge in [0.15, 0.2) is 11.6 Å². The molecule has 1 aliphatic carbocycles. The summed E-state index contributed by atoms with van der Waals surface area (Å²) in [5.74, 6) is -0.550. The maximum Gasteiger partial charge on any atom is 0.166 e. The summed E-state index contributed by atoms with van der Waals surface area (Å²) in [6.45, 7) is 4.97. The monoisotopic (exact) mass is 506 g/mol.